The minimum absolute atomic E-state index is 0.0318. The highest BCUT2D eigenvalue weighted by atomic mass is 16.5. The predicted molar refractivity (Wildman–Crippen MR) is 110 cm³/mol. The van der Waals surface area contributed by atoms with Crippen molar-refractivity contribution in [3.63, 3.8) is 0 Å². The number of hydrogen-bond donors (Lipinski definition) is 3. The summed E-state index contributed by atoms with van der Waals surface area (Å²) in [5.41, 5.74) is 7.48. The van der Waals surface area contributed by atoms with E-state index in [-0.39, 0.29) is 17.4 Å². The molecular weight excluding hydrogens is 370 g/mol. The van der Waals surface area contributed by atoms with E-state index in [1.165, 1.54) is 0 Å². The van der Waals surface area contributed by atoms with Crippen LogP contribution in [0.5, 0.6) is 5.75 Å². The maximum absolute atomic E-state index is 11.6. The molecule has 0 aliphatic heterocycles. The Morgan fingerprint density at radius 2 is 1.90 bits per heavy atom. The van der Waals surface area contributed by atoms with Crippen molar-refractivity contribution in [1.29, 1.82) is 0 Å². The van der Waals surface area contributed by atoms with E-state index in [4.69, 9.17) is 10.5 Å². The van der Waals surface area contributed by atoms with Gasteiger partial charge in [-0.05, 0) is 50.8 Å². The fourth-order valence-corrected chi connectivity index (χ4v) is 3.87. The lowest BCUT2D eigenvalue weighted by molar-refractivity contribution is 0.0697. The van der Waals surface area contributed by atoms with Crippen LogP contribution in [0.1, 0.15) is 41.7 Å². The number of aryl methyl sites for hydroxylation is 1. The van der Waals surface area contributed by atoms with E-state index >= 15 is 0 Å². The number of nitrogens with two attached hydrogens (primary N) is 1. The second-order valence-electron chi connectivity index (χ2n) is 7.25. The Labute approximate surface area is 168 Å². The zero-order valence-corrected chi connectivity index (χ0v) is 16.1. The first-order valence-electron chi connectivity index (χ1n) is 9.65. The van der Waals surface area contributed by atoms with Gasteiger partial charge in [0.15, 0.2) is 0 Å². The molecule has 150 valence electrons. The predicted octanol–water partition coefficient (Wildman–Crippen LogP) is 3.42. The Hall–Kier alpha value is -3.42. The van der Waals surface area contributed by atoms with Crippen LogP contribution in [0.4, 0.5) is 11.6 Å². The summed E-state index contributed by atoms with van der Waals surface area (Å²) in [6, 6.07) is 7.58. The number of fused-ring (bicyclic) bond motifs is 1. The SMILES string of the molecule is Cc1nc2cccc(OC3CCC(Nc4ncccn4)CC3)c2c(N)c1C(=O)O. The molecule has 0 bridgehead atoms. The third-order valence-electron chi connectivity index (χ3n) is 5.27. The first-order chi connectivity index (χ1) is 14.0. The number of nitrogens with zero attached hydrogens (tertiary/aromatic N) is 3. The van der Waals surface area contributed by atoms with Crippen molar-refractivity contribution >= 4 is 28.5 Å². The van der Waals surface area contributed by atoms with Crippen molar-refractivity contribution in [2.45, 2.75) is 44.8 Å². The Morgan fingerprint density at radius 1 is 1.17 bits per heavy atom. The summed E-state index contributed by atoms with van der Waals surface area (Å²) < 4.78 is 6.25. The molecule has 2 aromatic heterocycles. The smallest absolute Gasteiger partial charge is 0.339 e. The molecule has 0 unspecified atom stereocenters. The molecule has 0 saturated heterocycles. The van der Waals surface area contributed by atoms with Gasteiger partial charge in [0.1, 0.15) is 11.3 Å². The Morgan fingerprint density at radius 3 is 2.59 bits per heavy atom. The van der Waals surface area contributed by atoms with Crippen LogP contribution in [0, 0.1) is 6.92 Å². The number of hydrogen-bond acceptors (Lipinski definition) is 7. The van der Waals surface area contributed by atoms with Crippen LogP contribution in [0.25, 0.3) is 10.9 Å². The maximum Gasteiger partial charge on any atom is 0.339 e. The number of nitrogens with one attached hydrogen (secondary N) is 1. The molecule has 4 N–H and O–H groups in total. The van der Waals surface area contributed by atoms with E-state index in [1.54, 1.807) is 25.4 Å². The van der Waals surface area contributed by atoms with Crippen LogP contribution in [0.3, 0.4) is 0 Å². The zero-order chi connectivity index (χ0) is 20.4. The van der Waals surface area contributed by atoms with Gasteiger partial charge in [-0.1, -0.05) is 6.07 Å². The van der Waals surface area contributed by atoms with Crippen molar-refractivity contribution in [1.82, 2.24) is 15.0 Å². The molecule has 0 spiro atoms. The van der Waals surface area contributed by atoms with Crippen molar-refractivity contribution in [3.05, 3.63) is 47.9 Å². The first kappa shape index (κ1) is 18.9. The highest BCUT2D eigenvalue weighted by Gasteiger charge is 2.25. The van der Waals surface area contributed by atoms with E-state index in [1.807, 2.05) is 18.2 Å². The summed E-state index contributed by atoms with van der Waals surface area (Å²) >= 11 is 0. The van der Waals surface area contributed by atoms with Gasteiger partial charge in [0.05, 0.1) is 28.4 Å². The minimum Gasteiger partial charge on any atom is -0.490 e. The van der Waals surface area contributed by atoms with Crippen molar-refractivity contribution in [2.75, 3.05) is 11.1 Å². The summed E-state index contributed by atoms with van der Waals surface area (Å²) in [4.78, 5) is 24.4. The maximum atomic E-state index is 11.6. The van der Waals surface area contributed by atoms with E-state index in [2.05, 4.69) is 20.3 Å². The van der Waals surface area contributed by atoms with Crippen LogP contribution in [-0.2, 0) is 0 Å². The molecule has 4 rings (SSSR count). The van der Waals surface area contributed by atoms with Gasteiger partial charge in [0, 0.05) is 18.4 Å². The van der Waals surface area contributed by atoms with Gasteiger partial charge in [0.2, 0.25) is 5.95 Å². The number of aromatic nitrogens is 3. The van der Waals surface area contributed by atoms with Gasteiger partial charge < -0.3 is 20.9 Å². The third kappa shape index (κ3) is 3.91. The van der Waals surface area contributed by atoms with Crippen LogP contribution in [0.2, 0.25) is 0 Å². The standard InChI is InChI=1S/C21H23N5O3/c1-12-17(20(27)28)19(22)18-15(25-12)4-2-5-16(18)29-14-8-6-13(7-9-14)26-21-23-10-3-11-24-21/h2-5,10-11,13-14H,6-9H2,1H3,(H2,22,25)(H,27,28)(H,23,24,26). The summed E-state index contributed by atoms with van der Waals surface area (Å²) in [5, 5.41) is 13.4. The zero-order valence-electron chi connectivity index (χ0n) is 16.1. The molecule has 2 heterocycles. The van der Waals surface area contributed by atoms with Crippen molar-refractivity contribution < 1.29 is 14.6 Å². The first-order valence-corrected chi connectivity index (χ1v) is 9.65. The fourth-order valence-electron chi connectivity index (χ4n) is 3.87. The van der Waals surface area contributed by atoms with Crippen LogP contribution >= 0.6 is 0 Å². The number of nitrogen functional groups attached to an aromatic ring is 1. The van der Waals surface area contributed by atoms with Gasteiger partial charge >= 0.3 is 5.97 Å². The summed E-state index contributed by atoms with van der Waals surface area (Å²) in [7, 11) is 0. The molecule has 0 amide bonds. The molecule has 1 saturated carbocycles. The number of carboxylic acids is 1. The third-order valence-corrected chi connectivity index (χ3v) is 5.27. The minimum atomic E-state index is -1.08. The molecule has 0 radical (unpaired) electrons. The van der Waals surface area contributed by atoms with E-state index < -0.39 is 5.97 Å². The van der Waals surface area contributed by atoms with Gasteiger partial charge in [-0.25, -0.2) is 14.8 Å². The molecule has 0 atom stereocenters. The molecule has 1 aliphatic carbocycles. The van der Waals surface area contributed by atoms with Gasteiger partial charge in [-0.2, -0.15) is 0 Å². The summed E-state index contributed by atoms with van der Waals surface area (Å²) in [6.45, 7) is 1.65. The number of carboxylic acid groups (broad SMARTS) is 1. The average Bonchev–Trinajstić information content (AvgIpc) is 2.70. The second kappa shape index (κ2) is 7.90. The number of benzene rings is 1. The fraction of sp³-hybridized carbons (Fsp3) is 0.333. The average molecular weight is 393 g/mol. The number of carbonyl (C=O) groups is 1. The highest BCUT2D eigenvalue weighted by molar-refractivity contribution is 6.06. The topological polar surface area (TPSA) is 123 Å². The van der Waals surface area contributed by atoms with E-state index in [0.717, 1.165) is 25.7 Å². The molecule has 1 aliphatic rings. The summed E-state index contributed by atoms with van der Waals surface area (Å²) in [5.74, 6) is 0.137. The molecular formula is C21H23N5O3. The molecule has 8 heteroatoms. The quantitative estimate of drug-likeness (QED) is 0.602. The molecule has 29 heavy (non-hydrogen) atoms. The number of rotatable bonds is 5. The van der Waals surface area contributed by atoms with Gasteiger partial charge in [-0.3, -0.25) is 4.98 Å². The highest BCUT2D eigenvalue weighted by Crippen LogP contribution is 2.35. The van der Waals surface area contributed by atoms with E-state index in [9.17, 15) is 9.90 Å². The lowest BCUT2D eigenvalue weighted by Crippen LogP contribution is -2.31. The molecule has 3 aromatic rings. The summed E-state index contributed by atoms with van der Waals surface area (Å²) in [6.07, 6.45) is 7.07. The largest absolute Gasteiger partial charge is 0.490 e. The Kier molecular flexibility index (Phi) is 5.16. The van der Waals surface area contributed by atoms with Crippen molar-refractivity contribution in [3.8, 4) is 5.75 Å². The number of ether oxygens (including phenoxy) is 1. The molecule has 8 nitrogen and oxygen atoms in total. The number of aromatic carboxylic acids is 1. The molecule has 1 fully saturated rings. The second-order valence-corrected chi connectivity index (χ2v) is 7.25. The normalized spacial score (nSPS) is 19.1. The number of pyridine rings is 1. The van der Waals surface area contributed by atoms with Crippen molar-refractivity contribution in [2.24, 2.45) is 0 Å². The Bertz CT molecular complexity index is 1030. The lowest BCUT2D eigenvalue weighted by atomic mass is 9.93. The monoisotopic (exact) mass is 393 g/mol. The molecule has 1 aromatic carbocycles. The van der Waals surface area contributed by atoms with Gasteiger partial charge in [-0.15, -0.1) is 0 Å². The lowest BCUT2D eigenvalue weighted by Gasteiger charge is -2.30. The van der Waals surface area contributed by atoms with Crippen LogP contribution in [0.15, 0.2) is 36.7 Å². The van der Waals surface area contributed by atoms with E-state index in [0.29, 0.717) is 34.3 Å². The number of anilines is 2. The Balaban J connectivity index is 1.50. The van der Waals surface area contributed by atoms with Crippen LogP contribution < -0.4 is 15.8 Å². The van der Waals surface area contributed by atoms with Crippen LogP contribution in [-0.4, -0.2) is 38.2 Å². The van der Waals surface area contributed by atoms with Gasteiger partial charge in [0.25, 0.3) is 0 Å².